The van der Waals surface area contributed by atoms with Crippen molar-refractivity contribution in [2.24, 2.45) is 0 Å². The lowest BCUT2D eigenvalue weighted by Crippen LogP contribution is -2.37. The van der Waals surface area contributed by atoms with Crippen LogP contribution >= 0.6 is 23.5 Å². The molecule has 4 atom stereocenters. The number of nitrogens with one attached hydrogen (secondary N) is 1. The Morgan fingerprint density at radius 2 is 2.15 bits per heavy atom. The molecule has 0 bridgehead atoms. The Morgan fingerprint density at radius 1 is 1.35 bits per heavy atom. The second-order valence-electron chi connectivity index (χ2n) is 5.40. The maximum Gasteiger partial charge on any atom is 0.123 e. The van der Waals surface area contributed by atoms with E-state index in [2.05, 4.69) is 26.1 Å². The second-order valence-corrected chi connectivity index (χ2v) is 8.44. The number of benzene rings is 1. The van der Waals surface area contributed by atoms with Crippen molar-refractivity contribution < 1.29 is 4.39 Å². The fourth-order valence-corrected chi connectivity index (χ4v) is 5.56. The van der Waals surface area contributed by atoms with Crippen molar-refractivity contribution in [1.29, 1.82) is 0 Å². The zero-order chi connectivity index (χ0) is 14.5. The molecular weight excluding hydrogens is 289 g/mol. The first-order valence-electron chi connectivity index (χ1n) is 7.37. The van der Waals surface area contributed by atoms with Gasteiger partial charge in [0.2, 0.25) is 0 Å². The highest BCUT2D eigenvalue weighted by Crippen LogP contribution is 2.41. The molecule has 1 heterocycles. The Kier molecular flexibility index (Phi) is 6.24. The minimum absolute atomic E-state index is 0.138. The Balaban J connectivity index is 2.15. The maximum absolute atomic E-state index is 13.5. The van der Waals surface area contributed by atoms with Gasteiger partial charge in [0.05, 0.1) is 0 Å². The summed E-state index contributed by atoms with van der Waals surface area (Å²) in [7, 11) is 0. The number of thioether (sulfide) groups is 2. The van der Waals surface area contributed by atoms with Crippen LogP contribution < -0.4 is 5.32 Å². The van der Waals surface area contributed by atoms with Gasteiger partial charge in [-0.1, -0.05) is 32.9 Å². The van der Waals surface area contributed by atoms with E-state index in [9.17, 15) is 4.39 Å². The Labute approximate surface area is 130 Å². The van der Waals surface area contributed by atoms with Gasteiger partial charge in [-0.25, -0.2) is 4.39 Å². The Bertz CT molecular complexity index is 427. The van der Waals surface area contributed by atoms with E-state index in [1.54, 1.807) is 6.07 Å². The molecule has 0 saturated carbocycles. The normalized spacial score (nSPS) is 28.3. The fourth-order valence-electron chi connectivity index (χ4n) is 2.45. The largest absolute Gasteiger partial charge is 0.309 e. The van der Waals surface area contributed by atoms with Crippen LogP contribution in [0.4, 0.5) is 4.39 Å². The molecule has 0 amide bonds. The van der Waals surface area contributed by atoms with E-state index in [0.29, 0.717) is 15.7 Å². The third-order valence-electron chi connectivity index (χ3n) is 3.77. The summed E-state index contributed by atoms with van der Waals surface area (Å²) in [5, 5.41) is 5.49. The topological polar surface area (TPSA) is 12.0 Å². The van der Waals surface area contributed by atoms with Crippen molar-refractivity contribution in [2.75, 3.05) is 12.3 Å². The van der Waals surface area contributed by atoms with Crippen molar-refractivity contribution in [2.45, 2.75) is 49.0 Å². The first kappa shape index (κ1) is 16.2. The van der Waals surface area contributed by atoms with E-state index in [-0.39, 0.29) is 11.9 Å². The van der Waals surface area contributed by atoms with Gasteiger partial charge in [0.15, 0.2) is 0 Å². The first-order valence-corrected chi connectivity index (χ1v) is 9.37. The summed E-state index contributed by atoms with van der Waals surface area (Å²) in [6, 6.07) is 7.32. The molecule has 112 valence electrons. The lowest BCUT2D eigenvalue weighted by atomic mass is 10.0. The highest BCUT2D eigenvalue weighted by Gasteiger charge is 2.31. The van der Waals surface area contributed by atoms with Crippen molar-refractivity contribution in [3.63, 3.8) is 0 Å². The molecular formula is C16H24FNS2. The summed E-state index contributed by atoms with van der Waals surface area (Å²) in [5.41, 5.74) is 1.08. The van der Waals surface area contributed by atoms with Gasteiger partial charge in [-0.05, 0) is 30.7 Å². The molecule has 1 N–H and O–H groups in total. The van der Waals surface area contributed by atoms with E-state index < -0.39 is 0 Å². The van der Waals surface area contributed by atoms with Crippen LogP contribution in [-0.2, 0) is 0 Å². The predicted molar refractivity (Wildman–Crippen MR) is 90.2 cm³/mol. The molecule has 1 aliphatic rings. The van der Waals surface area contributed by atoms with E-state index in [0.717, 1.165) is 24.3 Å². The summed E-state index contributed by atoms with van der Waals surface area (Å²) < 4.78 is 13.5. The summed E-state index contributed by atoms with van der Waals surface area (Å²) in [6.07, 6.45) is 1.10. The van der Waals surface area contributed by atoms with Gasteiger partial charge in [0.25, 0.3) is 0 Å². The average Bonchev–Trinajstić information content (AvgIpc) is 2.43. The highest BCUT2D eigenvalue weighted by molar-refractivity contribution is 8.07. The molecule has 1 aromatic carbocycles. The minimum atomic E-state index is -0.138. The van der Waals surface area contributed by atoms with Crippen LogP contribution in [-0.4, -0.2) is 28.0 Å². The molecule has 1 fully saturated rings. The molecule has 0 aromatic heterocycles. The van der Waals surface area contributed by atoms with Gasteiger partial charge in [0.1, 0.15) is 5.82 Å². The van der Waals surface area contributed by atoms with Gasteiger partial charge in [-0.15, -0.1) is 0 Å². The van der Waals surface area contributed by atoms with Crippen LogP contribution in [0.2, 0.25) is 0 Å². The van der Waals surface area contributed by atoms with Gasteiger partial charge in [-0.2, -0.15) is 23.5 Å². The van der Waals surface area contributed by atoms with Crippen LogP contribution in [0.3, 0.4) is 0 Å². The van der Waals surface area contributed by atoms with Crippen LogP contribution in [0.25, 0.3) is 0 Å². The summed E-state index contributed by atoms with van der Waals surface area (Å²) in [6.45, 7) is 7.75. The van der Waals surface area contributed by atoms with E-state index >= 15 is 0 Å². The molecule has 4 unspecified atom stereocenters. The highest BCUT2D eigenvalue weighted by atomic mass is 32.2. The number of halogens is 1. The van der Waals surface area contributed by atoms with Crippen LogP contribution in [0, 0.1) is 5.82 Å². The van der Waals surface area contributed by atoms with Gasteiger partial charge < -0.3 is 5.32 Å². The number of hydrogen-bond donors (Lipinski definition) is 1. The SMILES string of the molecule is CCCNC(c1cccc(F)c1)C1CSC(C)C(C)S1. The molecule has 0 aliphatic carbocycles. The number of hydrogen-bond acceptors (Lipinski definition) is 3. The molecule has 20 heavy (non-hydrogen) atoms. The van der Waals surface area contributed by atoms with Gasteiger partial charge >= 0.3 is 0 Å². The minimum Gasteiger partial charge on any atom is -0.309 e. The molecule has 2 rings (SSSR count). The van der Waals surface area contributed by atoms with Crippen molar-refractivity contribution in [1.82, 2.24) is 5.32 Å². The lowest BCUT2D eigenvalue weighted by molar-refractivity contribution is 0.523. The molecule has 1 nitrogen and oxygen atoms in total. The second kappa shape index (κ2) is 7.71. The van der Waals surface area contributed by atoms with E-state index in [1.807, 2.05) is 35.7 Å². The quantitative estimate of drug-likeness (QED) is 0.860. The molecule has 1 saturated heterocycles. The molecule has 0 radical (unpaired) electrons. The Hall–Kier alpha value is -0.190. The summed E-state index contributed by atoms with van der Waals surface area (Å²) >= 11 is 4.09. The van der Waals surface area contributed by atoms with Gasteiger partial charge in [0, 0.05) is 27.5 Å². The van der Waals surface area contributed by atoms with Crippen LogP contribution in [0.15, 0.2) is 24.3 Å². The molecule has 1 aliphatic heterocycles. The summed E-state index contributed by atoms with van der Waals surface area (Å²) in [4.78, 5) is 0. The zero-order valence-corrected chi connectivity index (χ0v) is 14.1. The first-order chi connectivity index (χ1) is 9.61. The summed E-state index contributed by atoms with van der Waals surface area (Å²) in [5.74, 6) is 0.995. The molecule has 4 heteroatoms. The van der Waals surface area contributed by atoms with Crippen molar-refractivity contribution in [3.8, 4) is 0 Å². The zero-order valence-electron chi connectivity index (χ0n) is 12.4. The fraction of sp³-hybridized carbons (Fsp3) is 0.625. The Morgan fingerprint density at radius 3 is 2.80 bits per heavy atom. The van der Waals surface area contributed by atoms with Crippen molar-refractivity contribution in [3.05, 3.63) is 35.6 Å². The standard InChI is InChI=1S/C16H24FNS2/c1-4-8-18-16(13-6-5-7-14(17)9-13)15-10-19-11(2)12(3)20-15/h5-7,9,11-12,15-16,18H,4,8,10H2,1-3H3. The predicted octanol–water partition coefficient (Wildman–Crippen LogP) is 4.49. The van der Waals surface area contributed by atoms with Crippen molar-refractivity contribution >= 4 is 23.5 Å². The van der Waals surface area contributed by atoms with E-state index in [1.165, 1.54) is 6.07 Å². The molecule has 1 aromatic rings. The monoisotopic (exact) mass is 313 g/mol. The van der Waals surface area contributed by atoms with Crippen LogP contribution in [0.5, 0.6) is 0 Å². The van der Waals surface area contributed by atoms with Crippen LogP contribution in [0.1, 0.15) is 38.8 Å². The lowest BCUT2D eigenvalue weighted by Gasteiger charge is -2.36. The smallest absolute Gasteiger partial charge is 0.123 e. The van der Waals surface area contributed by atoms with E-state index in [4.69, 9.17) is 0 Å². The van der Waals surface area contributed by atoms with Gasteiger partial charge in [-0.3, -0.25) is 0 Å². The third kappa shape index (κ3) is 4.15. The average molecular weight is 314 g/mol. The maximum atomic E-state index is 13.5. The third-order valence-corrected chi connectivity index (χ3v) is 7.26. The molecule has 0 spiro atoms. The number of rotatable bonds is 5.